The fourth-order valence-electron chi connectivity index (χ4n) is 4.19. The molecule has 0 N–H and O–H groups in total. The molecular weight excluding hydrogens is 312 g/mol. The Balaban J connectivity index is 1.42. The minimum atomic E-state index is 0.0385. The summed E-state index contributed by atoms with van der Waals surface area (Å²) in [5, 5.41) is 4.37. The molecule has 2 saturated heterocycles. The van der Waals surface area contributed by atoms with Crippen molar-refractivity contribution >= 4 is 5.91 Å². The maximum absolute atomic E-state index is 13.2. The summed E-state index contributed by atoms with van der Waals surface area (Å²) in [5.74, 6) is 0.310. The van der Waals surface area contributed by atoms with Crippen LogP contribution in [0.4, 0.5) is 0 Å². The van der Waals surface area contributed by atoms with E-state index in [2.05, 4.69) is 39.2 Å². The number of carbonyl (C=O) groups is 1. The van der Waals surface area contributed by atoms with Crippen molar-refractivity contribution in [3.8, 4) is 0 Å². The zero-order valence-corrected chi connectivity index (χ0v) is 14.6. The minimum Gasteiger partial charge on any atom is -0.339 e. The normalized spacial score (nSPS) is 24.6. The van der Waals surface area contributed by atoms with Crippen molar-refractivity contribution in [2.45, 2.75) is 44.3 Å². The van der Waals surface area contributed by atoms with Crippen molar-refractivity contribution in [2.75, 3.05) is 19.6 Å². The molecular formula is C20H26N4O. The largest absolute Gasteiger partial charge is 0.339 e. The van der Waals surface area contributed by atoms with E-state index in [4.69, 9.17) is 0 Å². The Labute approximate surface area is 149 Å². The Morgan fingerprint density at radius 1 is 1.08 bits per heavy atom. The zero-order chi connectivity index (χ0) is 17.1. The van der Waals surface area contributed by atoms with Crippen molar-refractivity contribution in [3.05, 3.63) is 54.4 Å². The van der Waals surface area contributed by atoms with Gasteiger partial charge in [0.25, 0.3) is 0 Å². The standard InChI is InChI=1S/C20H26N4O/c25-20(23-13-4-9-18(16-23)24-14-6-11-21-24)19-10-5-12-22(19)15-17-7-2-1-3-8-17/h1-3,6-8,11,14,18-19H,4-5,9-10,12-13,15-16H2. The summed E-state index contributed by atoms with van der Waals surface area (Å²) in [6.07, 6.45) is 8.08. The van der Waals surface area contributed by atoms with Crippen LogP contribution >= 0.6 is 0 Å². The summed E-state index contributed by atoms with van der Waals surface area (Å²) in [5.41, 5.74) is 1.29. The number of likely N-dealkylation sites (tertiary alicyclic amines) is 2. The number of amides is 1. The highest BCUT2D eigenvalue weighted by atomic mass is 16.2. The first-order valence-corrected chi connectivity index (χ1v) is 9.37. The van der Waals surface area contributed by atoms with E-state index in [0.29, 0.717) is 11.9 Å². The van der Waals surface area contributed by atoms with Crippen molar-refractivity contribution in [1.29, 1.82) is 0 Å². The fourth-order valence-corrected chi connectivity index (χ4v) is 4.19. The third-order valence-electron chi connectivity index (χ3n) is 5.48. The number of nitrogens with zero attached hydrogens (tertiary/aromatic N) is 4. The van der Waals surface area contributed by atoms with Gasteiger partial charge in [0.15, 0.2) is 0 Å². The first kappa shape index (κ1) is 16.3. The highest BCUT2D eigenvalue weighted by Crippen LogP contribution is 2.26. The Morgan fingerprint density at radius 2 is 1.92 bits per heavy atom. The molecule has 0 bridgehead atoms. The predicted octanol–water partition coefficient (Wildman–Crippen LogP) is 2.71. The fraction of sp³-hybridized carbons (Fsp3) is 0.500. The molecule has 2 aliphatic heterocycles. The van der Waals surface area contributed by atoms with Gasteiger partial charge in [-0.1, -0.05) is 30.3 Å². The lowest BCUT2D eigenvalue weighted by atomic mass is 10.0. The lowest BCUT2D eigenvalue weighted by Crippen LogP contribution is -2.49. The molecule has 1 aromatic carbocycles. The van der Waals surface area contributed by atoms with E-state index in [-0.39, 0.29) is 6.04 Å². The van der Waals surface area contributed by atoms with Crippen LogP contribution in [0.25, 0.3) is 0 Å². The van der Waals surface area contributed by atoms with Gasteiger partial charge in [-0.3, -0.25) is 14.4 Å². The van der Waals surface area contributed by atoms with Crippen molar-refractivity contribution < 1.29 is 4.79 Å². The SMILES string of the molecule is O=C(C1CCCN1Cc1ccccc1)N1CCCC(n2cccn2)C1. The van der Waals surface area contributed by atoms with E-state index < -0.39 is 0 Å². The van der Waals surface area contributed by atoms with Crippen LogP contribution in [-0.2, 0) is 11.3 Å². The number of carbonyl (C=O) groups excluding carboxylic acids is 1. The van der Waals surface area contributed by atoms with Gasteiger partial charge >= 0.3 is 0 Å². The first-order valence-electron chi connectivity index (χ1n) is 9.37. The van der Waals surface area contributed by atoms with Crippen LogP contribution in [0.5, 0.6) is 0 Å². The average Bonchev–Trinajstić information content (AvgIpc) is 3.34. The van der Waals surface area contributed by atoms with Gasteiger partial charge in [-0.05, 0) is 43.9 Å². The molecule has 5 nitrogen and oxygen atoms in total. The molecule has 5 heteroatoms. The molecule has 2 fully saturated rings. The molecule has 0 aliphatic carbocycles. The van der Waals surface area contributed by atoms with E-state index in [1.54, 1.807) is 0 Å². The van der Waals surface area contributed by atoms with Gasteiger partial charge in [-0.15, -0.1) is 0 Å². The minimum absolute atomic E-state index is 0.0385. The summed E-state index contributed by atoms with van der Waals surface area (Å²) in [6, 6.07) is 12.8. The van der Waals surface area contributed by atoms with E-state index in [1.807, 2.05) is 29.2 Å². The van der Waals surface area contributed by atoms with Gasteiger partial charge in [-0.25, -0.2) is 0 Å². The van der Waals surface area contributed by atoms with Crippen LogP contribution in [0.3, 0.4) is 0 Å². The highest BCUT2D eigenvalue weighted by molar-refractivity contribution is 5.82. The number of piperidine rings is 1. The van der Waals surface area contributed by atoms with Gasteiger partial charge in [0, 0.05) is 32.0 Å². The second-order valence-corrected chi connectivity index (χ2v) is 7.18. The molecule has 1 aromatic heterocycles. The lowest BCUT2D eigenvalue weighted by molar-refractivity contribution is -0.137. The van der Waals surface area contributed by atoms with Crippen LogP contribution in [0.1, 0.15) is 37.3 Å². The van der Waals surface area contributed by atoms with E-state index in [1.165, 1.54) is 5.56 Å². The summed E-state index contributed by atoms with van der Waals surface area (Å²) in [4.78, 5) is 17.6. The lowest BCUT2D eigenvalue weighted by Gasteiger charge is -2.36. The molecule has 25 heavy (non-hydrogen) atoms. The van der Waals surface area contributed by atoms with Gasteiger partial charge in [-0.2, -0.15) is 5.10 Å². The Morgan fingerprint density at radius 3 is 2.72 bits per heavy atom. The van der Waals surface area contributed by atoms with Crippen molar-refractivity contribution in [1.82, 2.24) is 19.6 Å². The maximum atomic E-state index is 13.2. The third kappa shape index (κ3) is 3.61. The van der Waals surface area contributed by atoms with Gasteiger partial charge in [0.05, 0.1) is 12.1 Å². The van der Waals surface area contributed by atoms with Crippen LogP contribution in [0.2, 0.25) is 0 Å². The molecule has 0 saturated carbocycles. The van der Waals surface area contributed by atoms with E-state index in [9.17, 15) is 4.79 Å². The van der Waals surface area contributed by atoms with Crippen LogP contribution in [-0.4, -0.2) is 51.2 Å². The van der Waals surface area contributed by atoms with Crippen molar-refractivity contribution in [2.24, 2.45) is 0 Å². The Hall–Kier alpha value is -2.14. The molecule has 4 rings (SSSR count). The average molecular weight is 338 g/mol. The summed E-state index contributed by atoms with van der Waals surface area (Å²) >= 11 is 0. The Bertz CT molecular complexity index is 685. The van der Waals surface area contributed by atoms with Gasteiger partial charge < -0.3 is 4.90 Å². The first-order chi connectivity index (χ1) is 12.3. The molecule has 1 amide bonds. The Kier molecular flexibility index (Phi) is 4.83. The quantitative estimate of drug-likeness (QED) is 0.861. The number of benzene rings is 1. The van der Waals surface area contributed by atoms with Crippen LogP contribution < -0.4 is 0 Å². The summed E-state index contributed by atoms with van der Waals surface area (Å²) in [7, 11) is 0. The second kappa shape index (κ2) is 7.40. The number of aromatic nitrogens is 2. The summed E-state index contributed by atoms with van der Waals surface area (Å²) < 4.78 is 2.01. The molecule has 2 atom stereocenters. The number of rotatable bonds is 4. The number of hydrogen-bond donors (Lipinski definition) is 0. The molecule has 0 spiro atoms. The third-order valence-corrected chi connectivity index (χ3v) is 5.48. The van der Waals surface area contributed by atoms with E-state index >= 15 is 0 Å². The molecule has 132 valence electrons. The maximum Gasteiger partial charge on any atom is 0.240 e. The van der Waals surface area contributed by atoms with Gasteiger partial charge in [0.1, 0.15) is 0 Å². The van der Waals surface area contributed by atoms with Gasteiger partial charge in [0.2, 0.25) is 5.91 Å². The summed E-state index contributed by atoms with van der Waals surface area (Å²) in [6.45, 7) is 3.55. The number of hydrogen-bond acceptors (Lipinski definition) is 3. The van der Waals surface area contributed by atoms with Crippen LogP contribution in [0, 0.1) is 0 Å². The molecule has 0 radical (unpaired) electrons. The van der Waals surface area contributed by atoms with E-state index in [0.717, 1.165) is 51.9 Å². The smallest absolute Gasteiger partial charge is 0.240 e. The predicted molar refractivity (Wildman–Crippen MR) is 97.0 cm³/mol. The molecule has 2 aromatic rings. The topological polar surface area (TPSA) is 41.4 Å². The highest BCUT2D eigenvalue weighted by Gasteiger charge is 2.35. The monoisotopic (exact) mass is 338 g/mol. The zero-order valence-electron chi connectivity index (χ0n) is 14.6. The molecule has 3 heterocycles. The molecule has 2 unspecified atom stereocenters. The van der Waals surface area contributed by atoms with Crippen molar-refractivity contribution in [3.63, 3.8) is 0 Å². The second-order valence-electron chi connectivity index (χ2n) is 7.18. The van der Waals surface area contributed by atoms with Crippen LogP contribution in [0.15, 0.2) is 48.8 Å². The molecule has 2 aliphatic rings.